The molecule has 1 aliphatic carbocycles. The van der Waals surface area contributed by atoms with Gasteiger partial charge in [-0.2, -0.15) is 0 Å². The van der Waals surface area contributed by atoms with Crippen LogP contribution in [0.3, 0.4) is 0 Å². The van der Waals surface area contributed by atoms with Crippen LogP contribution in [0.4, 0.5) is 5.82 Å². The SMILES string of the molecule is CC1CN(c2ncccc2CNC2CC2)CC(CO)O1. The Morgan fingerprint density at radius 1 is 1.45 bits per heavy atom. The highest BCUT2D eigenvalue weighted by Crippen LogP contribution is 2.24. The number of aliphatic hydroxyl groups excluding tert-OH is 1. The van der Waals surface area contributed by atoms with Crippen molar-refractivity contribution in [3.05, 3.63) is 23.9 Å². The topological polar surface area (TPSA) is 57.6 Å². The molecule has 2 N–H and O–H groups in total. The van der Waals surface area contributed by atoms with E-state index in [2.05, 4.69) is 21.3 Å². The predicted octanol–water partition coefficient (Wildman–Crippen LogP) is 0.920. The average Bonchev–Trinajstić information content (AvgIpc) is 3.29. The van der Waals surface area contributed by atoms with Crippen LogP contribution in [0.15, 0.2) is 18.3 Å². The lowest BCUT2D eigenvalue weighted by Gasteiger charge is -2.37. The third-order valence-corrected chi connectivity index (χ3v) is 3.86. The molecule has 2 aliphatic rings. The summed E-state index contributed by atoms with van der Waals surface area (Å²) < 4.78 is 5.70. The van der Waals surface area contributed by atoms with Gasteiger partial charge in [-0.1, -0.05) is 6.07 Å². The number of hydrogen-bond acceptors (Lipinski definition) is 5. The third kappa shape index (κ3) is 3.29. The van der Waals surface area contributed by atoms with Gasteiger partial charge in [-0.25, -0.2) is 4.98 Å². The zero-order valence-electron chi connectivity index (χ0n) is 12.0. The van der Waals surface area contributed by atoms with Gasteiger partial charge in [0.25, 0.3) is 0 Å². The minimum Gasteiger partial charge on any atom is -0.394 e. The van der Waals surface area contributed by atoms with Gasteiger partial charge in [0.15, 0.2) is 0 Å². The molecule has 2 heterocycles. The molecule has 2 unspecified atom stereocenters. The molecule has 0 bridgehead atoms. The molecule has 3 rings (SSSR count). The van der Waals surface area contributed by atoms with Crippen molar-refractivity contribution in [2.45, 2.75) is 44.6 Å². The van der Waals surface area contributed by atoms with E-state index in [1.54, 1.807) is 0 Å². The quantitative estimate of drug-likeness (QED) is 0.838. The molecule has 2 fully saturated rings. The van der Waals surface area contributed by atoms with Crippen LogP contribution in [0, 0.1) is 0 Å². The Labute approximate surface area is 120 Å². The lowest BCUT2D eigenvalue weighted by Crippen LogP contribution is -2.48. The number of aromatic nitrogens is 1. The highest BCUT2D eigenvalue weighted by atomic mass is 16.5. The number of pyridine rings is 1. The van der Waals surface area contributed by atoms with Gasteiger partial charge in [-0.05, 0) is 25.8 Å². The normalized spacial score (nSPS) is 26.8. The lowest BCUT2D eigenvalue weighted by molar-refractivity contribution is -0.0423. The van der Waals surface area contributed by atoms with Gasteiger partial charge in [0, 0.05) is 37.4 Å². The molecule has 0 aromatic carbocycles. The molecular formula is C15H23N3O2. The van der Waals surface area contributed by atoms with Crippen molar-refractivity contribution >= 4 is 5.82 Å². The first kappa shape index (κ1) is 13.8. The molecule has 0 spiro atoms. The van der Waals surface area contributed by atoms with Crippen LogP contribution >= 0.6 is 0 Å². The largest absolute Gasteiger partial charge is 0.394 e. The Morgan fingerprint density at radius 2 is 2.30 bits per heavy atom. The minimum atomic E-state index is -0.120. The third-order valence-electron chi connectivity index (χ3n) is 3.86. The molecular weight excluding hydrogens is 254 g/mol. The van der Waals surface area contributed by atoms with Crippen molar-refractivity contribution in [1.29, 1.82) is 0 Å². The Morgan fingerprint density at radius 3 is 3.05 bits per heavy atom. The number of aliphatic hydroxyl groups is 1. The first-order valence-electron chi connectivity index (χ1n) is 7.45. The zero-order chi connectivity index (χ0) is 13.9. The van der Waals surface area contributed by atoms with E-state index in [-0.39, 0.29) is 18.8 Å². The molecule has 110 valence electrons. The fraction of sp³-hybridized carbons (Fsp3) is 0.667. The molecule has 1 aliphatic heterocycles. The zero-order valence-corrected chi connectivity index (χ0v) is 12.0. The van der Waals surface area contributed by atoms with E-state index in [0.29, 0.717) is 12.6 Å². The molecule has 0 amide bonds. The van der Waals surface area contributed by atoms with E-state index in [4.69, 9.17) is 4.74 Å². The summed E-state index contributed by atoms with van der Waals surface area (Å²) in [6, 6.07) is 4.81. The fourth-order valence-corrected chi connectivity index (χ4v) is 2.71. The summed E-state index contributed by atoms with van der Waals surface area (Å²) in [5.74, 6) is 1.02. The first-order chi connectivity index (χ1) is 9.76. The van der Waals surface area contributed by atoms with Crippen molar-refractivity contribution in [3.63, 3.8) is 0 Å². The van der Waals surface area contributed by atoms with Crippen LogP contribution in [-0.2, 0) is 11.3 Å². The molecule has 1 aromatic heterocycles. The number of nitrogens with zero attached hydrogens (tertiary/aromatic N) is 2. The molecule has 5 heteroatoms. The van der Waals surface area contributed by atoms with Crippen molar-refractivity contribution in [2.24, 2.45) is 0 Å². The minimum absolute atomic E-state index is 0.0589. The summed E-state index contributed by atoms with van der Waals surface area (Å²) in [5, 5.41) is 12.9. The molecule has 1 saturated carbocycles. The van der Waals surface area contributed by atoms with E-state index in [1.807, 2.05) is 19.2 Å². The highest BCUT2D eigenvalue weighted by molar-refractivity contribution is 5.47. The molecule has 1 saturated heterocycles. The van der Waals surface area contributed by atoms with Crippen LogP contribution in [0.5, 0.6) is 0 Å². The molecule has 1 aromatic rings. The van der Waals surface area contributed by atoms with Crippen molar-refractivity contribution in [2.75, 3.05) is 24.6 Å². The fourth-order valence-electron chi connectivity index (χ4n) is 2.71. The lowest BCUT2D eigenvalue weighted by atomic mass is 10.1. The van der Waals surface area contributed by atoms with E-state index >= 15 is 0 Å². The summed E-state index contributed by atoms with van der Waals surface area (Å²) in [6.07, 6.45) is 4.41. The summed E-state index contributed by atoms with van der Waals surface area (Å²) >= 11 is 0. The Balaban J connectivity index is 1.73. The van der Waals surface area contributed by atoms with E-state index in [1.165, 1.54) is 18.4 Å². The molecule has 0 radical (unpaired) electrons. The van der Waals surface area contributed by atoms with Crippen LogP contribution in [-0.4, -0.2) is 48.0 Å². The number of morpholine rings is 1. The van der Waals surface area contributed by atoms with Crippen molar-refractivity contribution in [3.8, 4) is 0 Å². The number of nitrogens with one attached hydrogen (secondary N) is 1. The van der Waals surface area contributed by atoms with Gasteiger partial charge in [-0.3, -0.25) is 0 Å². The smallest absolute Gasteiger partial charge is 0.133 e. The second-order valence-corrected chi connectivity index (χ2v) is 5.80. The maximum absolute atomic E-state index is 9.34. The van der Waals surface area contributed by atoms with E-state index in [9.17, 15) is 5.11 Å². The second kappa shape index (κ2) is 6.08. The summed E-state index contributed by atoms with van der Waals surface area (Å²) in [4.78, 5) is 6.79. The predicted molar refractivity (Wildman–Crippen MR) is 77.7 cm³/mol. The molecule has 20 heavy (non-hydrogen) atoms. The van der Waals surface area contributed by atoms with Crippen LogP contribution < -0.4 is 10.2 Å². The molecule has 5 nitrogen and oxygen atoms in total. The maximum atomic E-state index is 9.34. The Hall–Kier alpha value is -1.17. The Kier molecular flexibility index (Phi) is 4.19. The van der Waals surface area contributed by atoms with Gasteiger partial charge >= 0.3 is 0 Å². The number of hydrogen-bond donors (Lipinski definition) is 2. The van der Waals surface area contributed by atoms with Crippen molar-refractivity contribution < 1.29 is 9.84 Å². The standard InChI is InChI=1S/C15H23N3O2/c1-11-8-18(9-14(10-19)20-11)15-12(3-2-6-16-15)7-17-13-4-5-13/h2-3,6,11,13-14,17,19H,4-5,7-10H2,1H3. The summed E-state index contributed by atoms with van der Waals surface area (Å²) in [5.41, 5.74) is 1.23. The first-order valence-corrected chi connectivity index (χ1v) is 7.45. The highest BCUT2D eigenvalue weighted by Gasteiger charge is 2.27. The van der Waals surface area contributed by atoms with Gasteiger partial charge in [0.2, 0.25) is 0 Å². The van der Waals surface area contributed by atoms with Gasteiger partial charge in [-0.15, -0.1) is 0 Å². The van der Waals surface area contributed by atoms with E-state index in [0.717, 1.165) is 18.9 Å². The van der Waals surface area contributed by atoms with Crippen LogP contribution in [0.1, 0.15) is 25.3 Å². The van der Waals surface area contributed by atoms with Gasteiger partial charge < -0.3 is 20.1 Å². The van der Waals surface area contributed by atoms with Crippen LogP contribution in [0.25, 0.3) is 0 Å². The number of ether oxygens (including phenoxy) is 1. The Bertz CT molecular complexity index is 450. The second-order valence-electron chi connectivity index (χ2n) is 5.80. The van der Waals surface area contributed by atoms with Crippen molar-refractivity contribution in [1.82, 2.24) is 10.3 Å². The van der Waals surface area contributed by atoms with E-state index < -0.39 is 0 Å². The number of rotatable bonds is 5. The average molecular weight is 277 g/mol. The summed E-state index contributed by atoms with van der Waals surface area (Å²) in [7, 11) is 0. The van der Waals surface area contributed by atoms with Gasteiger partial charge in [0.1, 0.15) is 5.82 Å². The number of anilines is 1. The van der Waals surface area contributed by atoms with Gasteiger partial charge in [0.05, 0.1) is 18.8 Å². The monoisotopic (exact) mass is 277 g/mol. The summed E-state index contributed by atoms with van der Waals surface area (Å²) in [6.45, 7) is 4.49. The molecule has 2 atom stereocenters. The maximum Gasteiger partial charge on any atom is 0.133 e. The van der Waals surface area contributed by atoms with Crippen LogP contribution in [0.2, 0.25) is 0 Å².